The zero-order valence-electron chi connectivity index (χ0n) is 10.2. The Hall–Kier alpha value is -2.89. The molecule has 1 aromatic heterocycles. The van der Waals surface area contributed by atoms with Gasteiger partial charge in [-0.2, -0.15) is 0 Å². The van der Waals surface area contributed by atoms with Gasteiger partial charge in [-0.05, 0) is 29.8 Å². The fourth-order valence-corrected chi connectivity index (χ4v) is 1.42. The molecular weight excluding hydrogens is 265 g/mol. The third-order valence-corrected chi connectivity index (χ3v) is 2.31. The van der Waals surface area contributed by atoms with E-state index in [-0.39, 0.29) is 17.4 Å². The first-order valence-corrected chi connectivity index (χ1v) is 5.58. The van der Waals surface area contributed by atoms with Gasteiger partial charge in [-0.25, -0.2) is 14.2 Å². The predicted molar refractivity (Wildman–Crippen MR) is 69.0 cm³/mol. The van der Waals surface area contributed by atoms with E-state index < -0.39 is 11.8 Å². The molecule has 0 unspecified atom stereocenters. The number of benzene rings is 1. The SMILES string of the molecule is O=C(O)C=Cc1ccc(Oc2ccc(O)cn2)c(F)c1. The maximum absolute atomic E-state index is 13.8. The molecule has 6 heteroatoms. The van der Waals surface area contributed by atoms with Gasteiger partial charge in [0.05, 0.1) is 6.20 Å². The fraction of sp³-hybridized carbons (Fsp3) is 0. The summed E-state index contributed by atoms with van der Waals surface area (Å²) >= 11 is 0. The van der Waals surface area contributed by atoms with E-state index in [1.807, 2.05) is 0 Å². The Morgan fingerprint density at radius 3 is 2.70 bits per heavy atom. The lowest BCUT2D eigenvalue weighted by atomic mass is 10.2. The molecule has 1 heterocycles. The molecule has 0 amide bonds. The average Bonchev–Trinajstić information content (AvgIpc) is 2.41. The van der Waals surface area contributed by atoms with Gasteiger partial charge in [-0.15, -0.1) is 0 Å². The van der Waals surface area contributed by atoms with Crippen LogP contribution in [0.4, 0.5) is 4.39 Å². The third kappa shape index (κ3) is 3.55. The van der Waals surface area contributed by atoms with Crippen molar-refractivity contribution in [3.8, 4) is 17.4 Å². The van der Waals surface area contributed by atoms with Crippen molar-refractivity contribution in [3.05, 3.63) is 54.0 Å². The second-order valence-corrected chi connectivity index (χ2v) is 3.82. The number of ether oxygens (including phenoxy) is 1. The maximum atomic E-state index is 13.8. The van der Waals surface area contributed by atoms with Gasteiger partial charge in [0.1, 0.15) is 5.75 Å². The molecule has 0 bridgehead atoms. The summed E-state index contributed by atoms with van der Waals surface area (Å²) in [4.78, 5) is 14.1. The van der Waals surface area contributed by atoms with E-state index >= 15 is 0 Å². The molecule has 0 fully saturated rings. The van der Waals surface area contributed by atoms with Crippen LogP contribution in [-0.4, -0.2) is 21.2 Å². The van der Waals surface area contributed by atoms with E-state index in [9.17, 15) is 9.18 Å². The van der Waals surface area contributed by atoms with Crippen molar-refractivity contribution in [2.24, 2.45) is 0 Å². The number of carboxylic acids is 1. The normalized spacial score (nSPS) is 10.7. The molecule has 5 nitrogen and oxygen atoms in total. The third-order valence-electron chi connectivity index (χ3n) is 2.31. The number of aliphatic carboxylic acids is 1. The molecule has 0 saturated carbocycles. The highest BCUT2D eigenvalue weighted by molar-refractivity contribution is 5.85. The van der Waals surface area contributed by atoms with Crippen LogP contribution in [0.25, 0.3) is 6.08 Å². The zero-order chi connectivity index (χ0) is 14.5. The van der Waals surface area contributed by atoms with Crippen LogP contribution in [0, 0.1) is 5.82 Å². The van der Waals surface area contributed by atoms with Gasteiger partial charge in [0, 0.05) is 12.1 Å². The molecule has 0 spiro atoms. The number of aromatic hydroxyl groups is 1. The van der Waals surface area contributed by atoms with Gasteiger partial charge in [-0.3, -0.25) is 0 Å². The highest BCUT2D eigenvalue weighted by Crippen LogP contribution is 2.25. The second kappa shape index (κ2) is 5.83. The number of nitrogens with zero attached hydrogens (tertiary/aromatic N) is 1. The van der Waals surface area contributed by atoms with E-state index in [1.165, 1.54) is 36.5 Å². The number of carboxylic acid groups (broad SMARTS) is 1. The average molecular weight is 275 g/mol. The number of hydrogen-bond acceptors (Lipinski definition) is 4. The lowest BCUT2D eigenvalue weighted by molar-refractivity contribution is -0.131. The first-order valence-electron chi connectivity index (χ1n) is 5.58. The molecule has 0 aliphatic carbocycles. The van der Waals surface area contributed by atoms with Crippen LogP contribution in [0.3, 0.4) is 0 Å². The minimum Gasteiger partial charge on any atom is -0.506 e. The second-order valence-electron chi connectivity index (χ2n) is 3.82. The molecule has 102 valence electrons. The van der Waals surface area contributed by atoms with E-state index in [2.05, 4.69) is 4.98 Å². The predicted octanol–water partition coefficient (Wildman–Crippen LogP) is 2.82. The quantitative estimate of drug-likeness (QED) is 0.839. The zero-order valence-corrected chi connectivity index (χ0v) is 10.2. The number of aromatic nitrogens is 1. The summed E-state index contributed by atoms with van der Waals surface area (Å²) in [6.45, 7) is 0. The topological polar surface area (TPSA) is 79.7 Å². The molecule has 2 aromatic rings. The van der Waals surface area contributed by atoms with Gasteiger partial charge in [0.2, 0.25) is 5.88 Å². The number of hydrogen-bond donors (Lipinski definition) is 2. The first-order chi connectivity index (χ1) is 9.54. The molecule has 20 heavy (non-hydrogen) atoms. The lowest BCUT2D eigenvalue weighted by Gasteiger charge is -2.06. The van der Waals surface area contributed by atoms with Crippen LogP contribution in [0.15, 0.2) is 42.6 Å². The summed E-state index contributed by atoms with van der Waals surface area (Å²) in [7, 11) is 0. The number of pyridine rings is 1. The maximum Gasteiger partial charge on any atom is 0.328 e. The molecule has 0 aliphatic heterocycles. The summed E-state index contributed by atoms with van der Waals surface area (Å²) in [5.41, 5.74) is 0.399. The molecule has 2 N–H and O–H groups in total. The van der Waals surface area contributed by atoms with Crippen molar-refractivity contribution in [1.29, 1.82) is 0 Å². The van der Waals surface area contributed by atoms with E-state index in [0.29, 0.717) is 5.56 Å². The van der Waals surface area contributed by atoms with Crippen molar-refractivity contribution in [2.75, 3.05) is 0 Å². The summed E-state index contributed by atoms with van der Waals surface area (Å²) < 4.78 is 19.0. The minimum atomic E-state index is -1.11. The highest BCUT2D eigenvalue weighted by atomic mass is 19.1. The van der Waals surface area contributed by atoms with Gasteiger partial charge in [0.25, 0.3) is 0 Å². The molecular formula is C14H10FNO4. The molecule has 0 radical (unpaired) electrons. The molecule has 0 saturated heterocycles. The Bertz CT molecular complexity index is 653. The van der Waals surface area contributed by atoms with Gasteiger partial charge < -0.3 is 14.9 Å². The monoisotopic (exact) mass is 275 g/mol. The van der Waals surface area contributed by atoms with Crippen LogP contribution in [0.2, 0.25) is 0 Å². The Balaban J connectivity index is 2.17. The van der Waals surface area contributed by atoms with Gasteiger partial charge in [-0.1, -0.05) is 6.07 Å². The van der Waals surface area contributed by atoms with Crippen molar-refractivity contribution in [2.45, 2.75) is 0 Å². The van der Waals surface area contributed by atoms with E-state index in [1.54, 1.807) is 0 Å². The number of rotatable bonds is 4. The summed E-state index contributed by atoms with van der Waals surface area (Å²) in [5.74, 6) is -1.69. The van der Waals surface area contributed by atoms with Crippen molar-refractivity contribution >= 4 is 12.0 Å². The first kappa shape index (κ1) is 13.5. The molecule has 0 aliphatic rings. The molecule has 2 rings (SSSR count). The van der Waals surface area contributed by atoms with Crippen LogP contribution >= 0.6 is 0 Å². The van der Waals surface area contributed by atoms with Crippen LogP contribution in [-0.2, 0) is 4.79 Å². The minimum absolute atomic E-state index is 0.0213. The Morgan fingerprint density at radius 2 is 2.10 bits per heavy atom. The Kier molecular flexibility index (Phi) is 3.95. The van der Waals surface area contributed by atoms with Crippen molar-refractivity contribution in [1.82, 2.24) is 4.98 Å². The molecule has 0 atom stereocenters. The van der Waals surface area contributed by atoms with Crippen molar-refractivity contribution in [3.63, 3.8) is 0 Å². The van der Waals surface area contributed by atoms with Crippen LogP contribution in [0.5, 0.6) is 17.4 Å². The smallest absolute Gasteiger partial charge is 0.328 e. The van der Waals surface area contributed by atoms with Gasteiger partial charge in [0.15, 0.2) is 11.6 Å². The number of carbonyl (C=O) groups is 1. The number of halogens is 1. The van der Waals surface area contributed by atoms with Crippen molar-refractivity contribution < 1.29 is 24.1 Å². The Morgan fingerprint density at radius 1 is 1.30 bits per heavy atom. The fourth-order valence-electron chi connectivity index (χ4n) is 1.42. The van der Waals surface area contributed by atoms with Crippen LogP contribution in [0.1, 0.15) is 5.56 Å². The summed E-state index contributed by atoms with van der Waals surface area (Å²) in [6.07, 6.45) is 3.36. The van der Waals surface area contributed by atoms with Gasteiger partial charge >= 0.3 is 5.97 Å². The molecule has 1 aromatic carbocycles. The van der Waals surface area contributed by atoms with E-state index in [0.717, 1.165) is 12.1 Å². The largest absolute Gasteiger partial charge is 0.506 e. The Labute approximate surface area is 113 Å². The van der Waals surface area contributed by atoms with E-state index in [4.69, 9.17) is 14.9 Å². The lowest BCUT2D eigenvalue weighted by Crippen LogP contribution is -1.91. The summed E-state index contributed by atoms with van der Waals surface area (Å²) in [6, 6.07) is 6.79. The summed E-state index contributed by atoms with van der Waals surface area (Å²) in [5, 5.41) is 17.6. The highest BCUT2D eigenvalue weighted by Gasteiger charge is 2.06. The standard InChI is InChI=1S/C14H10FNO4/c15-11-7-9(2-6-14(18)19)1-4-12(11)20-13-5-3-10(17)8-16-13/h1-8,17H,(H,18,19). The van der Waals surface area contributed by atoms with Crippen LogP contribution < -0.4 is 4.74 Å².